The van der Waals surface area contributed by atoms with Crippen molar-refractivity contribution < 1.29 is 19.8 Å². The van der Waals surface area contributed by atoms with E-state index >= 15 is 0 Å². The first-order chi connectivity index (χ1) is 12.9. The smallest absolute Gasteiger partial charge is 0.335 e. The van der Waals surface area contributed by atoms with Crippen LogP contribution >= 0.6 is 11.6 Å². The van der Waals surface area contributed by atoms with Gasteiger partial charge in [-0.2, -0.15) is 0 Å². The minimum Gasteiger partial charge on any atom is -0.506 e. The van der Waals surface area contributed by atoms with Crippen LogP contribution in [0.3, 0.4) is 0 Å². The summed E-state index contributed by atoms with van der Waals surface area (Å²) in [6.45, 7) is 0. The number of nitrogens with zero attached hydrogens (tertiary/aromatic N) is 1. The lowest BCUT2D eigenvalue weighted by Gasteiger charge is -2.14. The van der Waals surface area contributed by atoms with Crippen LogP contribution in [-0.4, -0.2) is 27.1 Å². The predicted octanol–water partition coefficient (Wildman–Crippen LogP) is 4.03. The highest BCUT2D eigenvalue weighted by atomic mass is 35.5. The number of aromatic carboxylic acids is 1. The molecule has 0 unspecified atom stereocenters. The zero-order chi connectivity index (χ0) is 19.1. The molecule has 1 aliphatic rings. The topological polar surface area (TPSA) is 99.5 Å². The number of aryl methyl sites for hydroxylation is 1. The number of pyridine rings is 1. The van der Waals surface area contributed by atoms with Crippen molar-refractivity contribution in [1.82, 2.24) is 4.98 Å². The Labute approximate surface area is 159 Å². The number of phenolic OH excluding ortho intramolecular Hbond substituents is 1. The zero-order valence-corrected chi connectivity index (χ0v) is 14.9. The van der Waals surface area contributed by atoms with E-state index in [4.69, 9.17) is 16.7 Å². The highest BCUT2D eigenvalue weighted by molar-refractivity contribution is 6.31. The fraction of sp³-hybridized carbons (Fsp3) is 0.150. The Hall–Kier alpha value is -3.12. The molecule has 1 amide bonds. The molecule has 136 valence electrons. The summed E-state index contributed by atoms with van der Waals surface area (Å²) < 4.78 is 0. The molecular weight excluding hydrogens is 368 g/mol. The van der Waals surface area contributed by atoms with Crippen LogP contribution in [0.4, 0.5) is 5.69 Å². The Bertz CT molecular complexity index is 1110. The van der Waals surface area contributed by atoms with Gasteiger partial charge in [-0.15, -0.1) is 0 Å². The molecule has 0 spiro atoms. The van der Waals surface area contributed by atoms with Crippen LogP contribution in [0.5, 0.6) is 5.75 Å². The predicted molar refractivity (Wildman–Crippen MR) is 102 cm³/mol. The Morgan fingerprint density at radius 1 is 1.11 bits per heavy atom. The number of hydrogen-bond donors (Lipinski definition) is 3. The maximum Gasteiger partial charge on any atom is 0.335 e. The summed E-state index contributed by atoms with van der Waals surface area (Å²) in [5.74, 6) is -1.85. The van der Waals surface area contributed by atoms with Gasteiger partial charge in [-0.05, 0) is 61.2 Å². The lowest BCUT2D eigenvalue weighted by atomic mass is 10.0. The first-order valence-corrected chi connectivity index (χ1v) is 8.80. The third kappa shape index (κ3) is 3.08. The molecule has 0 fully saturated rings. The summed E-state index contributed by atoms with van der Waals surface area (Å²) >= 11 is 6.12. The van der Waals surface area contributed by atoms with Crippen molar-refractivity contribution in [3.8, 4) is 5.75 Å². The van der Waals surface area contributed by atoms with E-state index in [-0.39, 0.29) is 22.9 Å². The number of phenols is 1. The molecule has 0 bridgehead atoms. The number of amides is 1. The number of aromatic nitrogens is 1. The fourth-order valence-corrected chi connectivity index (χ4v) is 3.62. The van der Waals surface area contributed by atoms with Crippen molar-refractivity contribution in [2.45, 2.75) is 19.3 Å². The number of carbonyl (C=O) groups excluding carboxylic acids is 1. The average Bonchev–Trinajstić information content (AvgIpc) is 3.09. The monoisotopic (exact) mass is 382 g/mol. The second kappa shape index (κ2) is 6.55. The maximum absolute atomic E-state index is 13.1. The molecule has 1 aromatic heterocycles. The van der Waals surface area contributed by atoms with E-state index in [2.05, 4.69) is 10.3 Å². The van der Waals surface area contributed by atoms with Crippen molar-refractivity contribution in [3.05, 3.63) is 63.8 Å². The van der Waals surface area contributed by atoms with Gasteiger partial charge in [0.25, 0.3) is 5.91 Å². The van der Waals surface area contributed by atoms with Crippen molar-refractivity contribution in [2.24, 2.45) is 0 Å². The van der Waals surface area contributed by atoms with Gasteiger partial charge in [0.1, 0.15) is 5.75 Å². The number of hydrogen-bond acceptors (Lipinski definition) is 4. The molecule has 27 heavy (non-hydrogen) atoms. The first kappa shape index (κ1) is 17.3. The van der Waals surface area contributed by atoms with Gasteiger partial charge >= 0.3 is 5.97 Å². The molecule has 1 heterocycles. The minimum absolute atomic E-state index is 0.0625. The molecular formula is C20H15ClN2O4. The Morgan fingerprint density at radius 3 is 2.67 bits per heavy atom. The van der Waals surface area contributed by atoms with E-state index in [1.807, 2.05) is 0 Å². The lowest BCUT2D eigenvalue weighted by Crippen LogP contribution is -2.16. The number of halogens is 1. The second-order valence-electron chi connectivity index (χ2n) is 6.42. The SMILES string of the molecule is O=C(O)c1ccc(NC(=O)c2c3c(nc4ccc(Cl)cc24)CCC3)c(O)c1. The first-order valence-electron chi connectivity index (χ1n) is 8.42. The van der Waals surface area contributed by atoms with E-state index < -0.39 is 5.97 Å². The van der Waals surface area contributed by atoms with Gasteiger partial charge in [0, 0.05) is 16.1 Å². The Kier molecular flexibility index (Phi) is 4.20. The molecule has 3 N–H and O–H groups in total. The highest BCUT2D eigenvalue weighted by Gasteiger charge is 2.24. The molecule has 7 heteroatoms. The number of nitrogens with one attached hydrogen (secondary N) is 1. The van der Waals surface area contributed by atoms with Gasteiger partial charge in [-0.1, -0.05) is 11.6 Å². The van der Waals surface area contributed by atoms with Crippen LogP contribution in [0.15, 0.2) is 36.4 Å². The molecule has 6 nitrogen and oxygen atoms in total. The molecule has 3 aromatic rings. The number of carboxylic acids is 1. The molecule has 0 saturated heterocycles. The van der Waals surface area contributed by atoms with Crippen LogP contribution in [0.1, 0.15) is 38.4 Å². The highest BCUT2D eigenvalue weighted by Crippen LogP contribution is 2.33. The normalized spacial score (nSPS) is 12.8. The number of anilines is 1. The number of rotatable bonds is 3. The van der Waals surface area contributed by atoms with Crippen molar-refractivity contribution in [1.29, 1.82) is 0 Å². The van der Waals surface area contributed by atoms with Crippen molar-refractivity contribution in [3.63, 3.8) is 0 Å². The number of benzene rings is 2. The van der Waals surface area contributed by atoms with E-state index in [0.717, 1.165) is 36.6 Å². The molecule has 4 rings (SSSR count). The average molecular weight is 383 g/mol. The number of aromatic hydroxyl groups is 1. The second-order valence-corrected chi connectivity index (χ2v) is 6.85. The Morgan fingerprint density at radius 2 is 1.93 bits per heavy atom. The van der Waals surface area contributed by atoms with Crippen molar-refractivity contribution >= 4 is 40.1 Å². The standard InChI is InChI=1S/C20H15ClN2O4/c21-11-5-7-15-13(9-11)18(12-2-1-3-14(12)22-15)19(25)23-16-6-4-10(20(26)27)8-17(16)24/h4-9,24H,1-3H2,(H,23,25)(H,26,27). The van der Waals surface area contributed by atoms with Gasteiger partial charge < -0.3 is 15.5 Å². The third-order valence-corrected chi connectivity index (χ3v) is 4.93. The molecule has 0 atom stereocenters. The van der Waals surface area contributed by atoms with Crippen LogP contribution in [-0.2, 0) is 12.8 Å². The van der Waals surface area contributed by atoms with Crippen LogP contribution in [0, 0.1) is 0 Å². The number of carbonyl (C=O) groups is 2. The van der Waals surface area contributed by atoms with Crippen LogP contribution < -0.4 is 5.32 Å². The maximum atomic E-state index is 13.1. The summed E-state index contributed by atoms with van der Waals surface area (Å²) in [6.07, 6.45) is 2.48. The molecule has 1 aliphatic carbocycles. The van der Waals surface area contributed by atoms with Gasteiger partial charge in [0.2, 0.25) is 0 Å². The number of fused-ring (bicyclic) bond motifs is 2. The summed E-state index contributed by atoms with van der Waals surface area (Å²) in [7, 11) is 0. The molecule has 0 aliphatic heterocycles. The quantitative estimate of drug-likeness (QED) is 0.594. The summed E-state index contributed by atoms with van der Waals surface area (Å²) in [5, 5.41) is 22.9. The largest absolute Gasteiger partial charge is 0.506 e. The van der Waals surface area contributed by atoms with Crippen molar-refractivity contribution in [2.75, 3.05) is 5.32 Å². The molecule has 0 radical (unpaired) electrons. The molecule has 0 saturated carbocycles. The lowest BCUT2D eigenvalue weighted by molar-refractivity contribution is 0.0696. The zero-order valence-electron chi connectivity index (χ0n) is 14.1. The van der Waals surface area contributed by atoms with Crippen LogP contribution in [0.2, 0.25) is 5.02 Å². The molecule has 2 aromatic carbocycles. The van der Waals surface area contributed by atoms with E-state index in [9.17, 15) is 14.7 Å². The van der Waals surface area contributed by atoms with E-state index in [0.29, 0.717) is 21.5 Å². The Balaban J connectivity index is 1.79. The fourth-order valence-electron chi connectivity index (χ4n) is 3.45. The van der Waals surface area contributed by atoms with Gasteiger partial charge in [0.15, 0.2) is 0 Å². The third-order valence-electron chi connectivity index (χ3n) is 4.69. The summed E-state index contributed by atoms with van der Waals surface area (Å²) in [4.78, 5) is 28.7. The minimum atomic E-state index is -1.16. The van der Waals surface area contributed by atoms with Gasteiger partial charge in [-0.3, -0.25) is 9.78 Å². The van der Waals surface area contributed by atoms with E-state index in [1.165, 1.54) is 12.1 Å². The summed E-state index contributed by atoms with van der Waals surface area (Å²) in [5.41, 5.74) is 3.06. The summed E-state index contributed by atoms with van der Waals surface area (Å²) in [6, 6.07) is 9.02. The van der Waals surface area contributed by atoms with Gasteiger partial charge in [-0.25, -0.2) is 4.79 Å². The van der Waals surface area contributed by atoms with E-state index in [1.54, 1.807) is 18.2 Å². The van der Waals surface area contributed by atoms with Crippen LogP contribution in [0.25, 0.3) is 10.9 Å². The van der Waals surface area contributed by atoms with Gasteiger partial charge in [0.05, 0.1) is 22.3 Å². The number of carboxylic acid groups (broad SMARTS) is 1.